The van der Waals surface area contributed by atoms with Gasteiger partial charge >= 0.3 is 6.18 Å². The summed E-state index contributed by atoms with van der Waals surface area (Å²) in [6, 6.07) is 9.56. The maximum Gasteiger partial charge on any atom is 0.418 e. The van der Waals surface area contributed by atoms with Gasteiger partial charge in [-0.3, -0.25) is 9.59 Å². The third-order valence-corrected chi connectivity index (χ3v) is 5.02. The van der Waals surface area contributed by atoms with Crippen LogP contribution in [0.2, 0.25) is 5.02 Å². The quantitative estimate of drug-likeness (QED) is 0.421. The Morgan fingerprint density at radius 2 is 1.88 bits per heavy atom. The van der Waals surface area contributed by atoms with Gasteiger partial charge in [0.2, 0.25) is 5.91 Å². The molecule has 0 radical (unpaired) electrons. The molecule has 1 aliphatic heterocycles. The number of rotatable bonds is 5. The molecule has 0 saturated heterocycles. The zero-order valence-electron chi connectivity index (χ0n) is 17.3. The Balaban J connectivity index is 1.49. The molecule has 0 fully saturated rings. The molecule has 0 aliphatic carbocycles. The van der Waals surface area contributed by atoms with E-state index in [1.807, 2.05) is 0 Å². The molecule has 0 bridgehead atoms. The van der Waals surface area contributed by atoms with Gasteiger partial charge in [-0.1, -0.05) is 17.7 Å². The summed E-state index contributed by atoms with van der Waals surface area (Å²) in [5.41, 5.74) is -0.127. The van der Waals surface area contributed by atoms with Gasteiger partial charge in [0.25, 0.3) is 5.91 Å². The SMILES string of the molecule is O=C(/C=C/C1=Cc2cc(Cl)ccc2OC1)Nc1ccc(NC(=O)c2ccoc2)cc1C(F)(F)F. The van der Waals surface area contributed by atoms with E-state index in [0.717, 1.165) is 23.8 Å². The molecule has 10 heteroatoms. The second kappa shape index (κ2) is 9.48. The van der Waals surface area contributed by atoms with Gasteiger partial charge in [-0.2, -0.15) is 13.2 Å². The van der Waals surface area contributed by atoms with Gasteiger partial charge in [0.05, 0.1) is 23.1 Å². The Bertz CT molecular complexity index is 1300. The number of hydrogen-bond acceptors (Lipinski definition) is 4. The van der Waals surface area contributed by atoms with Crippen LogP contribution in [-0.4, -0.2) is 18.4 Å². The van der Waals surface area contributed by atoms with E-state index >= 15 is 0 Å². The molecule has 6 nitrogen and oxygen atoms in total. The highest BCUT2D eigenvalue weighted by molar-refractivity contribution is 6.30. The average molecular weight is 489 g/mol. The van der Waals surface area contributed by atoms with Crippen LogP contribution in [0.1, 0.15) is 21.5 Å². The fourth-order valence-electron chi connectivity index (χ4n) is 3.18. The third-order valence-electron chi connectivity index (χ3n) is 4.78. The van der Waals surface area contributed by atoms with Crippen LogP contribution in [0.5, 0.6) is 5.75 Å². The minimum absolute atomic E-state index is 0.0890. The van der Waals surface area contributed by atoms with Crippen LogP contribution in [0.25, 0.3) is 6.08 Å². The monoisotopic (exact) mass is 488 g/mol. The summed E-state index contributed by atoms with van der Waals surface area (Å²) >= 11 is 5.97. The summed E-state index contributed by atoms with van der Waals surface area (Å²) in [4.78, 5) is 24.4. The molecule has 0 saturated carbocycles. The molecule has 2 aromatic carbocycles. The Kier molecular flexibility index (Phi) is 6.47. The highest BCUT2D eigenvalue weighted by Crippen LogP contribution is 2.37. The molecule has 2 N–H and O–H groups in total. The molecule has 4 rings (SSSR count). The van der Waals surface area contributed by atoms with E-state index in [-0.39, 0.29) is 17.9 Å². The largest absolute Gasteiger partial charge is 0.488 e. The van der Waals surface area contributed by atoms with Crippen molar-refractivity contribution in [1.29, 1.82) is 0 Å². The normalized spacial score (nSPS) is 13.1. The Morgan fingerprint density at radius 1 is 1.06 bits per heavy atom. The van der Waals surface area contributed by atoms with Crippen LogP contribution >= 0.6 is 11.6 Å². The van der Waals surface area contributed by atoms with Crippen molar-refractivity contribution in [2.45, 2.75) is 6.18 Å². The maximum absolute atomic E-state index is 13.6. The van der Waals surface area contributed by atoms with E-state index in [1.165, 1.54) is 30.7 Å². The number of anilines is 2. The number of hydrogen-bond donors (Lipinski definition) is 2. The lowest BCUT2D eigenvalue weighted by Gasteiger charge is -2.16. The van der Waals surface area contributed by atoms with Crippen molar-refractivity contribution in [2.75, 3.05) is 17.2 Å². The van der Waals surface area contributed by atoms with Gasteiger partial charge < -0.3 is 19.8 Å². The fraction of sp³-hybridized carbons (Fsp3) is 0.0833. The topological polar surface area (TPSA) is 80.6 Å². The van der Waals surface area contributed by atoms with Crippen LogP contribution in [0.3, 0.4) is 0 Å². The number of ether oxygens (including phenoxy) is 1. The number of nitrogens with one attached hydrogen (secondary N) is 2. The van der Waals surface area contributed by atoms with Gasteiger partial charge in [-0.25, -0.2) is 0 Å². The number of halogens is 4. The van der Waals surface area contributed by atoms with Gasteiger partial charge in [0.1, 0.15) is 18.6 Å². The molecule has 2 heterocycles. The first-order valence-electron chi connectivity index (χ1n) is 9.86. The molecule has 1 aromatic heterocycles. The molecular formula is C24H16ClF3N2O4. The van der Waals surface area contributed by atoms with Crippen molar-refractivity contribution in [3.8, 4) is 5.75 Å². The molecule has 34 heavy (non-hydrogen) atoms. The van der Waals surface area contributed by atoms with E-state index in [2.05, 4.69) is 10.6 Å². The number of benzene rings is 2. The fourth-order valence-corrected chi connectivity index (χ4v) is 3.36. The van der Waals surface area contributed by atoms with Crippen LogP contribution in [0.4, 0.5) is 24.5 Å². The summed E-state index contributed by atoms with van der Waals surface area (Å²) in [6.07, 6.45) is 2.00. The summed E-state index contributed by atoms with van der Waals surface area (Å²) in [5, 5.41) is 5.11. The van der Waals surface area contributed by atoms with Crippen LogP contribution in [-0.2, 0) is 11.0 Å². The van der Waals surface area contributed by atoms with Crippen molar-refractivity contribution in [2.24, 2.45) is 0 Å². The van der Waals surface area contributed by atoms with E-state index in [9.17, 15) is 22.8 Å². The first kappa shape index (κ1) is 23.2. The van der Waals surface area contributed by atoms with E-state index in [1.54, 1.807) is 24.3 Å². The van der Waals surface area contributed by atoms with E-state index < -0.39 is 29.2 Å². The van der Waals surface area contributed by atoms with Crippen LogP contribution in [0, 0.1) is 0 Å². The molecule has 2 amide bonds. The number of carbonyl (C=O) groups is 2. The van der Waals surface area contributed by atoms with Crippen molar-refractivity contribution in [3.63, 3.8) is 0 Å². The van der Waals surface area contributed by atoms with Gasteiger partial charge in [-0.15, -0.1) is 0 Å². The number of furan rings is 1. The molecule has 1 aliphatic rings. The molecule has 174 valence electrons. The Morgan fingerprint density at radius 3 is 2.62 bits per heavy atom. The lowest BCUT2D eigenvalue weighted by Crippen LogP contribution is -2.17. The lowest BCUT2D eigenvalue weighted by molar-refractivity contribution is -0.136. The van der Waals surface area contributed by atoms with E-state index in [4.69, 9.17) is 20.8 Å². The van der Waals surface area contributed by atoms with Crippen LogP contribution in [0.15, 0.2) is 77.1 Å². The zero-order chi connectivity index (χ0) is 24.3. The average Bonchev–Trinajstić information content (AvgIpc) is 3.33. The number of amides is 2. The zero-order valence-corrected chi connectivity index (χ0v) is 18.0. The van der Waals surface area contributed by atoms with Crippen molar-refractivity contribution >= 4 is 40.9 Å². The molecule has 0 unspecified atom stereocenters. The minimum atomic E-state index is -4.77. The molecule has 0 spiro atoms. The molecular weight excluding hydrogens is 473 g/mol. The highest BCUT2D eigenvalue weighted by Gasteiger charge is 2.34. The second-order valence-corrected chi connectivity index (χ2v) is 7.67. The van der Waals surface area contributed by atoms with E-state index in [0.29, 0.717) is 16.3 Å². The number of carbonyl (C=O) groups excluding carboxylic acids is 2. The first-order valence-corrected chi connectivity index (χ1v) is 10.2. The summed E-state index contributed by atoms with van der Waals surface area (Å²) in [5.74, 6) is -0.758. The third kappa shape index (κ3) is 5.49. The lowest BCUT2D eigenvalue weighted by atomic mass is 10.1. The highest BCUT2D eigenvalue weighted by atomic mass is 35.5. The van der Waals surface area contributed by atoms with Crippen molar-refractivity contribution in [1.82, 2.24) is 0 Å². The predicted molar refractivity (Wildman–Crippen MR) is 121 cm³/mol. The molecule has 0 atom stereocenters. The molecule has 3 aromatic rings. The van der Waals surface area contributed by atoms with Gasteiger partial charge in [-0.05, 0) is 54.1 Å². The number of fused-ring (bicyclic) bond motifs is 1. The van der Waals surface area contributed by atoms with Gasteiger partial charge in [0, 0.05) is 22.3 Å². The van der Waals surface area contributed by atoms with Gasteiger partial charge in [0.15, 0.2) is 0 Å². The summed E-state index contributed by atoms with van der Waals surface area (Å²) < 4.78 is 51.2. The number of alkyl halides is 3. The van der Waals surface area contributed by atoms with Crippen LogP contribution < -0.4 is 15.4 Å². The summed E-state index contributed by atoms with van der Waals surface area (Å²) in [7, 11) is 0. The van der Waals surface area contributed by atoms with Crippen molar-refractivity contribution < 1.29 is 31.9 Å². The second-order valence-electron chi connectivity index (χ2n) is 7.24. The maximum atomic E-state index is 13.6. The Labute approximate surface area is 196 Å². The first-order chi connectivity index (χ1) is 16.2. The smallest absolute Gasteiger partial charge is 0.418 e. The van der Waals surface area contributed by atoms with Crippen molar-refractivity contribution in [3.05, 3.63) is 94.4 Å². The standard InChI is InChI=1S/C24H16ClF3N2O4/c25-17-2-5-21-16(10-17)9-14(12-34-21)1-6-22(31)30-20-4-3-18(11-19(20)24(26,27)28)29-23(32)15-7-8-33-13-15/h1-11,13H,12H2,(H,29,32)(H,30,31)/b6-1+. The Hall–Kier alpha value is -3.98. The minimum Gasteiger partial charge on any atom is -0.488 e. The summed E-state index contributed by atoms with van der Waals surface area (Å²) in [6.45, 7) is 0.192. The predicted octanol–water partition coefficient (Wildman–Crippen LogP) is 6.17.